The summed E-state index contributed by atoms with van der Waals surface area (Å²) in [5.74, 6) is 0.176. The van der Waals surface area contributed by atoms with Crippen LogP contribution in [0.15, 0.2) is 30.3 Å². The minimum absolute atomic E-state index is 0.176. The number of ether oxygens (including phenoxy) is 1. The first kappa shape index (κ1) is 13.8. The molecule has 1 heterocycles. The van der Waals surface area contributed by atoms with E-state index in [0.29, 0.717) is 12.5 Å². The second kappa shape index (κ2) is 7.10. The summed E-state index contributed by atoms with van der Waals surface area (Å²) >= 11 is 0. The molecule has 0 bridgehead atoms. The molecule has 0 radical (unpaired) electrons. The minimum atomic E-state index is 0.176. The molecule has 3 heteroatoms. The molecule has 1 atom stereocenters. The number of nitrogens with two attached hydrogens (primary N) is 1. The predicted molar refractivity (Wildman–Crippen MR) is 77.7 cm³/mol. The molecule has 1 aromatic carbocycles. The van der Waals surface area contributed by atoms with Crippen molar-refractivity contribution in [2.45, 2.75) is 38.2 Å². The van der Waals surface area contributed by atoms with E-state index in [1.165, 1.54) is 0 Å². The Morgan fingerprint density at radius 2 is 2.16 bits per heavy atom. The van der Waals surface area contributed by atoms with E-state index in [-0.39, 0.29) is 5.78 Å². The fraction of sp³-hybridized carbons (Fsp3) is 0.438. The number of allylic oxidation sites excluding steroid dienone is 1. The van der Waals surface area contributed by atoms with Crippen LogP contribution in [0.4, 0.5) is 5.69 Å². The Kier molecular flexibility index (Phi) is 5.16. The Morgan fingerprint density at radius 3 is 2.84 bits per heavy atom. The zero-order valence-electron chi connectivity index (χ0n) is 11.2. The number of benzene rings is 1. The maximum Gasteiger partial charge on any atom is 0.155 e. The van der Waals surface area contributed by atoms with Gasteiger partial charge in [-0.2, -0.15) is 0 Å². The average Bonchev–Trinajstić information content (AvgIpc) is 2.91. The van der Waals surface area contributed by atoms with Crippen molar-refractivity contribution < 1.29 is 9.53 Å². The summed E-state index contributed by atoms with van der Waals surface area (Å²) in [6.45, 7) is 0.885. The molecule has 1 fully saturated rings. The smallest absolute Gasteiger partial charge is 0.155 e. The number of carbonyl (C=O) groups excluding carboxylic acids is 1. The maximum atomic E-state index is 11.7. The summed E-state index contributed by atoms with van der Waals surface area (Å²) in [5.41, 5.74) is 7.34. The number of carbonyl (C=O) groups is 1. The topological polar surface area (TPSA) is 52.3 Å². The van der Waals surface area contributed by atoms with Crippen molar-refractivity contribution in [3.05, 3.63) is 35.9 Å². The first-order valence-electron chi connectivity index (χ1n) is 6.92. The van der Waals surface area contributed by atoms with Crippen molar-refractivity contribution in [3.8, 4) is 0 Å². The molecule has 0 spiro atoms. The number of rotatable bonds is 6. The molecule has 0 aliphatic carbocycles. The number of ketones is 1. The zero-order valence-corrected chi connectivity index (χ0v) is 11.2. The third-order valence-electron chi connectivity index (χ3n) is 3.37. The molecule has 1 aliphatic rings. The Morgan fingerprint density at radius 1 is 1.37 bits per heavy atom. The van der Waals surface area contributed by atoms with E-state index in [1.807, 2.05) is 30.3 Å². The van der Waals surface area contributed by atoms with Crippen LogP contribution in [-0.2, 0) is 9.53 Å². The van der Waals surface area contributed by atoms with Crippen molar-refractivity contribution in [2.75, 3.05) is 12.3 Å². The fourth-order valence-electron chi connectivity index (χ4n) is 2.26. The summed E-state index contributed by atoms with van der Waals surface area (Å²) in [5, 5.41) is 0. The third-order valence-corrected chi connectivity index (χ3v) is 3.37. The molecule has 0 saturated carbocycles. The van der Waals surface area contributed by atoms with Gasteiger partial charge in [0.1, 0.15) is 0 Å². The van der Waals surface area contributed by atoms with Crippen LogP contribution in [-0.4, -0.2) is 18.5 Å². The van der Waals surface area contributed by atoms with Gasteiger partial charge in [-0.15, -0.1) is 0 Å². The molecule has 1 aliphatic heterocycles. The summed E-state index contributed by atoms with van der Waals surface area (Å²) in [6, 6.07) is 7.49. The van der Waals surface area contributed by atoms with Crippen LogP contribution in [0.25, 0.3) is 6.08 Å². The van der Waals surface area contributed by atoms with E-state index in [9.17, 15) is 4.79 Å². The van der Waals surface area contributed by atoms with Gasteiger partial charge < -0.3 is 10.5 Å². The van der Waals surface area contributed by atoms with Crippen molar-refractivity contribution >= 4 is 17.5 Å². The monoisotopic (exact) mass is 259 g/mol. The summed E-state index contributed by atoms with van der Waals surface area (Å²) in [4.78, 5) is 11.7. The molecule has 1 unspecified atom stereocenters. The van der Waals surface area contributed by atoms with E-state index >= 15 is 0 Å². The molecular weight excluding hydrogens is 238 g/mol. The van der Waals surface area contributed by atoms with Gasteiger partial charge in [0.25, 0.3) is 0 Å². The van der Waals surface area contributed by atoms with E-state index < -0.39 is 0 Å². The van der Waals surface area contributed by atoms with Crippen molar-refractivity contribution in [3.63, 3.8) is 0 Å². The van der Waals surface area contributed by atoms with Crippen LogP contribution < -0.4 is 5.73 Å². The number of anilines is 1. The molecular formula is C16H21NO2. The minimum Gasteiger partial charge on any atom is -0.399 e. The van der Waals surface area contributed by atoms with E-state index in [0.717, 1.165) is 43.5 Å². The van der Waals surface area contributed by atoms with E-state index in [4.69, 9.17) is 10.5 Å². The van der Waals surface area contributed by atoms with Crippen LogP contribution in [0.2, 0.25) is 0 Å². The second-order valence-electron chi connectivity index (χ2n) is 4.99. The Bertz CT molecular complexity index is 431. The summed E-state index contributed by atoms with van der Waals surface area (Å²) < 4.78 is 5.53. The molecule has 3 nitrogen and oxygen atoms in total. The van der Waals surface area contributed by atoms with Crippen molar-refractivity contribution in [1.82, 2.24) is 0 Å². The van der Waals surface area contributed by atoms with Crippen molar-refractivity contribution in [2.24, 2.45) is 0 Å². The lowest BCUT2D eigenvalue weighted by molar-refractivity contribution is -0.114. The molecule has 1 saturated heterocycles. The van der Waals surface area contributed by atoms with Crippen molar-refractivity contribution in [1.29, 1.82) is 0 Å². The number of hydrogen-bond donors (Lipinski definition) is 1. The van der Waals surface area contributed by atoms with Gasteiger partial charge in [0, 0.05) is 18.7 Å². The second-order valence-corrected chi connectivity index (χ2v) is 4.99. The first-order valence-corrected chi connectivity index (χ1v) is 6.92. The number of nitrogen functional groups attached to an aromatic ring is 1. The SMILES string of the molecule is Nc1ccc(/C=C/C(=O)CCCC2CCCO2)cc1. The summed E-state index contributed by atoms with van der Waals surface area (Å²) in [7, 11) is 0. The van der Waals surface area contributed by atoms with Crippen LogP contribution in [0.3, 0.4) is 0 Å². The normalized spacial score (nSPS) is 19.1. The largest absolute Gasteiger partial charge is 0.399 e. The average molecular weight is 259 g/mol. The lowest BCUT2D eigenvalue weighted by Gasteiger charge is -2.07. The van der Waals surface area contributed by atoms with Crippen LogP contribution in [0.1, 0.15) is 37.7 Å². The highest BCUT2D eigenvalue weighted by molar-refractivity contribution is 5.93. The zero-order chi connectivity index (χ0) is 13.5. The molecule has 19 heavy (non-hydrogen) atoms. The molecule has 102 valence electrons. The van der Waals surface area contributed by atoms with Gasteiger partial charge >= 0.3 is 0 Å². The first-order chi connectivity index (χ1) is 9.24. The van der Waals surface area contributed by atoms with Crippen LogP contribution >= 0.6 is 0 Å². The highest BCUT2D eigenvalue weighted by Gasteiger charge is 2.14. The Labute approximate surface area is 114 Å². The highest BCUT2D eigenvalue weighted by atomic mass is 16.5. The molecule has 1 aromatic rings. The van der Waals surface area contributed by atoms with E-state index in [1.54, 1.807) is 6.08 Å². The predicted octanol–water partition coefficient (Wildman–Crippen LogP) is 3.20. The quantitative estimate of drug-likeness (QED) is 0.630. The van der Waals surface area contributed by atoms with Gasteiger partial charge in [-0.3, -0.25) is 4.79 Å². The van der Waals surface area contributed by atoms with Gasteiger partial charge in [-0.05, 0) is 49.5 Å². The van der Waals surface area contributed by atoms with Gasteiger partial charge in [-0.25, -0.2) is 0 Å². The Balaban J connectivity index is 1.69. The third kappa shape index (κ3) is 4.87. The molecule has 0 amide bonds. The standard InChI is InChI=1S/C16H21NO2/c17-14-9-6-13(7-10-14)8-11-15(18)3-1-4-16-5-2-12-19-16/h6-11,16H,1-5,12,17H2/b11-8+. The van der Waals surface area contributed by atoms with Gasteiger partial charge in [0.2, 0.25) is 0 Å². The van der Waals surface area contributed by atoms with Crippen LogP contribution in [0.5, 0.6) is 0 Å². The van der Waals surface area contributed by atoms with E-state index in [2.05, 4.69) is 0 Å². The van der Waals surface area contributed by atoms with Gasteiger partial charge in [0.15, 0.2) is 5.78 Å². The van der Waals surface area contributed by atoms with Gasteiger partial charge in [0.05, 0.1) is 6.10 Å². The molecule has 0 aromatic heterocycles. The van der Waals surface area contributed by atoms with Gasteiger partial charge in [-0.1, -0.05) is 18.2 Å². The highest BCUT2D eigenvalue weighted by Crippen LogP contribution is 2.17. The lowest BCUT2D eigenvalue weighted by Crippen LogP contribution is -2.05. The molecule has 2 N–H and O–H groups in total. The Hall–Kier alpha value is -1.61. The lowest BCUT2D eigenvalue weighted by atomic mass is 10.1. The number of hydrogen-bond acceptors (Lipinski definition) is 3. The maximum absolute atomic E-state index is 11.7. The molecule has 2 rings (SSSR count). The van der Waals surface area contributed by atoms with Crippen LogP contribution in [0, 0.1) is 0 Å². The summed E-state index contributed by atoms with van der Waals surface area (Å²) in [6.07, 6.45) is 8.70. The fourth-order valence-corrected chi connectivity index (χ4v) is 2.26.